The Hall–Kier alpha value is -1.06. The summed E-state index contributed by atoms with van der Waals surface area (Å²) in [5, 5.41) is 2.85. The molecule has 1 N–H and O–H groups in total. The normalized spacial score (nSPS) is 37.8. The Kier molecular flexibility index (Phi) is 7.09. The van der Waals surface area contributed by atoms with Crippen LogP contribution in [0.4, 0.5) is 0 Å². The summed E-state index contributed by atoms with van der Waals surface area (Å²) < 4.78 is 0. The number of fused-ring (bicyclic) bond motifs is 1. The first kappa shape index (κ1) is 22.1. The highest BCUT2D eigenvalue weighted by molar-refractivity contribution is 5.89. The Morgan fingerprint density at radius 1 is 0.800 bits per heavy atom. The first-order valence-electron chi connectivity index (χ1n) is 13.0. The molecule has 0 bridgehead atoms. The SMILES string of the molecule is CNC(=O)C1CCC(C2CCCCC2)N1C(=O)C1CCC2CC(C(C)C)CCC2C1. The highest BCUT2D eigenvalue weighted by Gasteiger charge is 2.47. The molecule has 4 heteroatoms. The molecule has 3 saturated carbocycles. The molecule has 0 aromatic carbocycles. The fraction of sp³-hybridized carbons (Fsp3) is 0.923. The Balaban J connectivity index is 1.46. The van der Waals surface area contributed by atoms with Gasteiger partial charge in [0.05, 0.1) is 0 Å². The lowest BCUT2D eigenvalue weighted by Gasteiger charge is -2.45. The molecule has 4 nitrogen and oxygen atoms in total. The molecule has 1 heterocycles. The number of rotatable bonds is 4. The van der Waals surface area contributed by atoms with Gasteiger partial charge in [-0.2, -0.15) is 0 Å². The van der Waals surface area contributed by atoms with E-state index in [1.807, 2.05) is 0 Å². The van der Waals surface area contributed by atoms with Crippen LogP contribution in [0.3, 0.4) is 0 Å². The topological polar surface area (TPSA) is 49.4 Å². The van der Waals surface area contributed by atoms with Gasteiger partial charge in [-0.25, -0.2) is 0 Å². The van der Waals surface area contributed by atoms with Gasteiger partial charge < -0.3 is 10.2 Å². The van der Waals surface area contributed by atoms with Crippen LogP contribution in [0.25, 0.3) is 0 Å². The number of amides is 2. The van der Waals surface area contributed by atoms with Crippen LogP contribution >= 0.6 is 0 Å². The molecule has 170 valence electrons. The monoisotopic (exact) mass is 416 g/mol. The maximum Gasteiger partial charge on any atom is 0.242 e. The standard InChI is InChI=1S/C26H44N2O2/c1-17(2)19-9-10-21-16-22(12-11-20(21)15-19)26(30)28-23(18-7-5-4-6-8-18)13-14-24(28)25(29)27-3/h17-24H,4-16H2,1-3H3,(H,27,29). The lowest BCUT2D eigenvalue weighted by molar-refractivity contribution is -0.147. The van der Waals surface area contributed by atoms with E-state index in [0.29, 0.717) is 17.9 Å². The highest BCUT2D eigenvalue weighted by atomic mass is 16.2. The minimum atomic E-state index is -0.233. The van der Waals surface area contributed by atoms with Crippen LogP contribution in [0.15, 0.2) is 0 Å². The number of carbonyl (C=O) groups excluding carboxylic acids is 2. The average Bonchev–Trinajstić information content (AvgIpc) is 3.23. The van der Waals surface area contributed by atoms with Gasteiger partial charge in [-0.05, 0) is 93.8 Å². The largest absolute Gasteiger partial charge is 0.357 e. The average molecular weight is 417 g/mol. The Bertz CT molecular complexity index is 612. The molecule has 4 rings (SSSR count). The van der Waals surface area contributed by atoms with Crippen LogP contribution in [0.2, 0.25) is 0 Å². The van der Waals surface area contributed by atoms with Gasteiger partial charge in [0.15, 0.2) is 0 Å². The smallest absolute Gasteiger partial charge is 0.242 e. The zero-order valence-corrected chi connectivity index (χ0v) is 19.6. The van der Waals surface area contributed by atoms with Crippen LogP contribution in [-0.4, -0.2) is 35.8 Å². The summed E-state index contributed by atoms with van der Waals surface area (Å²) in [6.07, 6.45) is 15.6. The van der Waals surface area contributed by atoms with Crippen LogP contribution in [-0.2, 0) is 9.59 Å². The molecule has 6 unspecified atom stereocenters. The van der Waals surface area contributed by atoms with Crippen molar-refractivity contribution in [3.63, 3.8) is 0 Å². The number of nitrogens with one attached hydrogen (secondary N) is 1. The Morgan fingerprint density at radius 3 is 2.20 bits per heavy atom. The van der Waals surface area contributed by atoms with Crippen molar-refractivity contribution >= 4 is 11.8 Å². The predicted octanol–water partition coefficient (Wildman–Crippen LogP) is 5.16. The van der Waals surface area contributed by atoms with E-state index in [4.69, 9.17) is 0 Å². The van der Waals surface area contributed by atoms with E-state index in [1.54, 1.807) is 7.05 Å². The quantitative estimate of drug-likeness (QED) is 0.688. The third-order valence-corrected chi connectivity index (χ3v) is 9.37. The van der Waals surface area contributed by atoms with Crippen molar-refractivity contribution in [2.45, 2.75) is 109 Å². The van der Waals surface area contributed by atoms with Crippen molar-refractivity contribution < 1.29 is 9.59 Å². The molecular weight excluding hydrogens is 372 g/mol. The van der Waals surface area contributed by atoms with E-state index in [2.05, 4.69) is 24.1 Å². The summed E-state index contributed by atoms with van der Waals surface area (Å²) in [6.45, 7) is 4.75. The summed E-state index contributed by atoms with van der Waals surface area (Å²) in [6, 6.07) is 0.0679. The van der Waals surface area contributed by atoms with Gasteiger partial charge in [0.1, 0.15) is 6.04 Å². The summed E-state index contributed by atoms with van der Waals surface area (Å²) in [7, 11) is 1.72. The third kappa shape index (κ3) is 4.43. The number of hydrogen-bond donors (Lipinski definition) is 1. The van der Waals surface area contributed by atoms with Crippen molar-refractivity contribution in [2.75, 3.05) is 7.05 Å². The molecule has 2 amide bonds. The van der Waals surface area contributed by atoms with Crippen LogP contribution in [0.1, 0.15) is 97.3 Å². The Labute approximate surface area is 183 Å². The van der Waals surface area contributed by atoms with Gasteiger partial charge >= 0.3 is 0 Å². The van der Waals surface area contributed by atoms with Crippen LogP contribution in [0, 0.1) is 35.5 Å². The number of likely N-dealkylation sites (tertiary alicyclic amines) is 1. The number of nitrogens with zero attached hydrogens (tertiary/aromatic N) is 1. The maximum absolute atomic E-state index is 13.9. The zero-order chi connectivity index (χ0) is 21.3. The molecule has 0 aromatic heterocycles. The number of carbonyl (C=O) groups is 2. The molecule has 0 radical (unpaired) electrons. The molecule has 0 spiro atoms. The summed E-state index contributed by atoms with van der Waals surface area (Å²) in [5.74, 6) is 4.36. The highest BCUT2D eigenvalue weighted by Crippen LogP contribution is 2.47. The summed E-state index contributed by atoms with van der Waals surface area (Å²) >= 11 is 0. The van der Waals surface area contributed by atoms with Gasteiger partial charge in [0, 0.05) is 19.0 Å². The molecule has 6 atom stereocenters. The van der Waals surface area contributed by atoms with Crippen LogP contribution in [0.5, 0.6) is 0 Å². The lowest BCUT2D eigenvalue weighted by Crippen LogP contribution is -2.53. The lowest BCUT2D eigenvalue weighted by atomic mass is 9.63. The second-order valence-corrected chi connectivity index (χ2v) is 11.3. The maximum atomic E-state index is 13.9. The van der Waals surface area contributed by atoms with Crippen molar-refractivity contribution in [3.8, 4) is 0 Å². The van der Waals surface area contributed by atoms with Crippen molar-refractivity contribution in [1.29, 1.82) is 0 Å². The molecule has 1 saturated heterocycles. The predicted molar refractivity (Wildman–Crippen MR) is 121 cm³/mol. The molecular formula is C26H44N2O2. The van der Waals surface area contributed by atoms with Crippen molar-refractivity contribution in [3.05, 3.63) is 0 Å². The van der Waals surface area contributed by atoms with Gasteiger partial charge in [0.25, 0.3) is 0 Å². The van der Waals surface area contributed by atoms with E-state index in [9.17, 15) is 9.59 Å². The van der Waals surface area contributed by atoms with E-state index < -0.39 is 0 Å². The van der Waals surface area contributed by atoms with Crippen molar-refractivity contribution in [2.24, 2.45) is 35.5 Å². The minimum absolute atomic E-state index is 0.0489. The molecule has 0 aromatic rings. The van der Waals surface area contributed by atoms with E-state index >= 15 is 0 Å². The summed E-state index contributed by atoms with van der Waals surface area (Å²) in [5.41, 5.74) is 0. The summed E-state index contributed by atoms with van der Waals surface area (Å²) in [4.78, 5) is 28.7. The molecule has 4 fully saturated rings. The molecule has 4 aliphatic rings. The number of hydrogen-bond acceptors (Lipinski definition) is 2. The van der Waals surface area contributed by atoms with Gasteiger partial charge in [-0.15, -0.1) is 0 Å². The number of likely N-dealkylation sites (N-methyl/N-ethyl adjacent to an activating group) is 1. The molecule has 1 aliphatic heterocycles. The van der Waals surface area contributed by atoms with Crippen molar-refractivity contribution in [1.82, 2.24) is 10.2 Å². The van der Waals surface area contributed by atoms with Gasteiger partial charge in [0.2, 0.25) is 11.8 Å². The zero-order valence-electron chi connectivity index (χ0n) is 19.6. The minimum Gasteiger partial charge on any atom is -0.357 e. The fourth-order valence-electron chi connectivity index (χ4n) is 7.53. The van der Waals surface area contributed by atoms with E-state index in [0.717, 1.165) is 49.4 Å². The second kappa shape index (κ2) is 9.61. The fourth-order valence-corrected chi connectivity index (χ4v) is 7.53. The Morgan fingerprint density at radius 2 is 1.50 bits per heavy atom. The van der Waals surface area contributed by atoms with Crippen LogP contribution < -0.4 is 5.32 Å². The van der Waals surface area contributed by atoms with Gasteiger partial charge in [-0.1, -0.05) is 33.1 Å². The first-order valence-corrected chi connectivity index (χ1v) is 13.0. The third-order valence-electron chi connectivity index (χ3n) is 9.37. The van der Waals surface area contributed by atoms with E-state index in [1.165, 1.54) is 57.8 Å². The second-order valence-electron chi connectivity index (χ2n) is 11.3. The molecule has 30 heavy (non-hydrogen) atoms. The van der Waals surface area contributed by atoms with E-state index in [-0.39, 0.29) is 17.9 Å². The first-order chi connectivity index (χ1) is 14.5. The molecule has 3 aliphatic carbocycles. The van der Waals surface area contributed by atoms with Gasteiger partial charge in [-0.3, -0.25) is 9.59 Å².